The lowest BCUT2D eigenvalue weighted by atomic mass is 9.73. The predicted molar refractivity (Wildman–Crippen MR) is 102 cm³/mol. The molecule has 160 valence electrons. The predicted octanol–water partition coefficient (Wildman–Crippen LogP) is 4.95. The number of nitrogens with zero attached hydrogens (tertiary/aromatic N) is 2. The number of aromatic nitrogens is 2. The average Bonchev–Trinajstić information content (AvgIpc) is 3.41. The minimum Gasteiger partial charge on any atom is -0.373 e. The maximum absolute atomic E-state index is 15.0. The summed E-state index contributed by atoms with van der Waals surface area (Å²) >= 11 is 5.10. The molecule has 0 amide bonds. The summed E-state index contributed by atoms with van der Waals surface area (Å²) in [5.41, 5.74) is -1.40. The summed E-state index contributed by atoms with van der Waals surface area (Å²) in [6, 6.07) is 5.97. The van der Waals surface area contributed by atoms with Crippen molar-refractivity contribution in [2.45, 2.75) is 23.8 Å². The number of Topliss-reactive ketones (excluding diaryl/α,β-unsaturated/α-hetero) is 2. The lowest BCUT2D eigenvalue weighted by Crippen LogP contribution is -2.45. The number of ether oxygens (including phenoxy) is 1. The normalized spacial score (nSPS) is 22.4. The molecule has 0 radical (unpaired) electrons. The molecule has 2 atom stereocenters. The first-order valence-corrected chi connectivity index (χ1v) is 9.74. The first kappa shape index (κ1) is 20.1. The van der Waals surface area contributed by atoms with Crippen LogP contribution in [0.15, 0.2) is 43.0 Å². The third-order valence-electron chi connectivity index (χ3n) is 5.85. The van der Waals surface area contributed by atoms with Crippen LogP contribution in [0.2, 0.25) is 0 Å². The molecule has 1 saturated heterocycles. The van der Waals surface area contributed by atoms with Crippen LogP contribution in [-0.2, 0) is 4.74 Å². The van der Waals surface area contributed by atoms with Crippen LogP contribution in [0.4, 0.5) is 17.6 Å². The van der Waals surface area contributed by atoms with Crippen molar-refractivity contribution >= 4 is 33.9 Å². The molecule has 2 aromatic carbocycles. The van der Waals surface area contributed by atoms with Crippen LogP contribution >= 0.6 is 11.6 Å². The fraction of sp³-hybridized carbons (Fsp3) is 0.286. The van der Waals surface area contributed by atoms with Crippen LogP contribution in [0, 0.1) is 5.92 Å². The maximum atomic E-state index is 15.0. The van der Waals surface area contributed by atoms with Gasteiger partial charge in [-0.15, -0.1) is 0 Å². The second-order valence-electron chi connectivity index (χ2n) is 7.49. The zero-order chi connectivity index (χ0) is 22.1. The van der Waals surface area contributed by atoms with Crippen molar-refractivity contribution in [1.82, 2.24) is 9.55 Å². The Morgan fingerprint density at radius 3 is 2.61 bits per heavy atom. The maximum Gasteiger partial charge on any atom is 0.385 e. The Bertz CT molecular complexity index is 1240. The van der Waals surface area contributed by atoms with Crippen molar-refractivity contribution in [1.29, 1.82) is 0 Å². The molecule has 0 spiro atoms. The van der Waals surface area contributed by atoms with Gasteiger partial charge in [-0.2, -0.15) is 17.6 Å². The fourth-order valence-corrected chi connectivity index (χ4v) is 4.68. The molecule has 3 aromatic rings. The summed E-state index contributed by atoms with van der Waals surface area (Å²) in [4.78, 5) is 29.7. The molecule has 1 aliphatic heterocycles. The number of halogens is 5. The van der Waals surface area contributed by atoms with Crippen molar-refractivity contribution in [3.8, 4) is 5.69 Å². The molecule has 1 fully saturated rings. The summed E-state index contributed by atoms with van der Waals surface area (Å²) in [7, 11) is 0. The third-order valence-corrected chi connectivity index (χ3v) is 6.02. The van der Waals surface area contributed by atoms with Gasteiger partial charge in [0.25, 0.3) is 5.78 Å². The molecule has 5 rings (SSSR count). The quantitative estimate of drug-likeness (QED) is 0.320. The molecule has 0 saturated carbocycles. The molecular weight excluding hydrogens is 440 g/mol. The van der Waals surface area contributed by atoms with Crippen LogP contribution in [0.5, 0.6) is 0 Å². The van der Waals surface area contributed by atoms with Crippen molar-refractivity contribution in [3.63, 3.8) is 0 Å². The first-order valence-electron chi connectivity index (χ1n) is 9.36. The molecule has 0 bridgehead atoms. The van der Waals surface area contributed by atoms with Gasteiger partial charge in [-0.1, -0.05) is 24.3 Å². The van der Waals surface area contributed by atoms with E-state index in [1.54, 1.807) is 6.07 Å². The highest BCUT2D eigenvalue weighted by atomic mass is 35.5. The van der Waals surface area contributed by atoms with Crippen molar-refractivity contribution in [3.05, 3.63) is 59.7 Å². The summed E-state index contributed by atoms with van der Waals surface area (Å²) in [5, 5.41) is -4.07. The lowest BCUT2D eigenvalue weighted by Gasteiger charge is -2.36. The Kier molecular flexibility index (Phi) is 4.29. The van der Waals surface area contributed by atoms with Crippen molar-refractivity contribution < 1.29 is 31.9 Å². The number of hydrogen-bond donors (Lipinski definition) is 0. The molecule has 2 unspecified atom stereocenters. The Labute approximate surface area is 177 Å². The number of benzene rings is 2. The largest absolute Gasteiger partial charge is 0.385 e. The van der Waals surface area contributed by atoms with Gasteiger partial charge < -0.3 is 9.30 Å². The van der Waals surface area contributed by atoms with Crippen molar-refractivity contribution in [2.75, 3.05) is 6.61 Å². The number of rotatable bonds is 3. The minimum absolute atomic E-state index is 0.0237. The highest BCUT2D eigenvalue weighted by Gasteiger charge is 2.60. The summed E-state index contributed by atoms with van der Waals surface area (Å²) in [6.07, 6.45) is 2.51. The van der Waals surface area contributed by atoms with Gasteiger partial charge in [0.15, 0.2) is 0 Å². The van der Waals surface area contributed by atoms with E-state index in [1.165, 1.54) is 41.5 Å². The van der Waals surface area contributed by atoms with Crippen LogP contribution in [0.1, 0.15) is 38.8 Å². The van der Waals surface area contributed by atoms with E-state index in [2.05, 4.69) is 4.98 Å². The topological polar surface area (TPSA) is 61.2 Å². The van der Waals surface area contributed by atoms with E-state index in [0.717, 1.165) is 0 Å². The number of alkyl halides is 5. The van der Waals surface area contributed by atoms with Crippen LogP contribution in [0.25, 0.3) is 16.5 Å². The first-order chi connectivity index (χ1) is 14.6. The van der Waals surface area contributed by atoms with Crippen molar-refractivity contribution in [2.24, 2.45) is 5.92 Å². The molecule has 10 heteroatoms. The Morgan fingerprint density at radius 1 is 1.26 bits per heavy atom. The van der Waals surface area contributed by atoms with E-state index in [4.69, 9.17) is 16.3 Å². The van der Waals surface area contributed by atoms with Gasteiger partial charge >= 0.3 is 11.3 Å². The van der Waals surface area contributed by atoms with Gasteiger partial charge in [-0.05, 0) is 23.4 Å². The molecule has 1 aliphatic carbocycles. The standard InChI is InChI=1S/C21H13ClF4N2O3/c22-21(25,26)19(30)15-14-13(18(29)20(23,24)12-5-8-31-17(12)14)10-3-1-2-4-11(10)16(15)28-7-6-27-9-28/h1-4,6-7,9,12,17H,5,8H2. The Hall–Kier alpha value is -2.78. The summed E-state index contributed by atoms with van der Waals surface area (Å²) < 4.78 is 65.0. The van der Waals surface area contributed by atoms with Gasteiger partial charge in [-0.25, -0.2) is 4.98 Å². The Balaban J connectivity index is 2.01. The zero-order valence-corrected chi connectivity index (χ0v) is 16.4. The summed E-state index contributed by atoms with van der Waals surface area (Å²) in [6.45, 7) is -0.101. The monoisotopic (exact) mass is 452 g/mol. The van der Waals surface area contributed by atoms with Gasteiger partial charge in [0, 0.05) is 35.5 Å². The fourth-order valence-electron chi connectivity index (χ4n) is 4.58. The number of carbonyl (C=O) groups excluding carboxylic acids is 2. The number of imidazole rings is 1. The second-order valence-corrected chi connectivity index (χ2v) is 7.97. The summed E-state index contributed by atoms with van der Waals surface area (Å²) in [5.74, 6) is -8.65. The third kappa shape index (κ3) is 2.76. The average molecular weight is 453 g/mol. The highest BCUT2D eigenvalue weighted by molar-refractivity contribution is 6.37. The number of ketones is 2. The van der Waals surface area contributed by atoms with Crippen LogP contribution in [-0.4, -0.2) is 39.0 Å². The van der Waals surface area contributed by atoms with Gasteiger partial charge in [0.1, 0.15) is 0 Å². The van der Waals surface area contributed by atoms with E-state index < -0.39 is 46.0 Å². The van der Waals surface area contributed by atoms with Crippen LogP contribution < -0.4 is 0 Å². The molecule has 31 heavy (non-hydrogen) atoms. The van der Waals surface area contributed by atoms with Crippen LogP contribution in [0.3, 0.4) is 0 Å². The Morgan fingerprint density at radius 2 is 1.97 bits per heavy atom. The number of fused-ring (bicyclic) bond motifs is 5. The molecule has 1 aromatic heterocycles. The molecular formula is C21H13ClF4N2O3. The number of hydrogen-bond acceptors (Lipinski definition) is 4. The second kappa shape index (κ2) is 6.61. The van der Waals surface area contributed by atoms with E-state index in [1.807, 2.05) is 0 Å². The molecule has 2 heterocycles. The lowest BCUT2D eigenvalue weighted by molar-refractivity contribution is -0.0631. The highest BCUT2D eigenvalue weighted by Crippen LogP contribution is 2.54. The SMILES string of the molecule is O=C(c1c2c(c3ccccc3c1-n1ccnc1)C(=O)C(F)(F)C1CCOC21)C(F)(F)Cl. The smallest absolute Gasteiger partial charge is 0.373 e. The number of carbonyl (C=O) groups is 2. The molecule has 5 nitrogen and oxygen atoms in total. The van der Waals surface area contributed by atoms with Gasteiger partial charge in [-0.3, -0.25) is 9.59 Å². The molecule has 2 aliphatic rings. The zero-order valence-electron chi connectivity index (χ0n) is 15.6. The van der Waals surface area contributed by atoms with E-state index in [9.17, 15) is 27.2 Å². The van der Waals surface area contributed by atoms with Gasteiger partial charge in [0.05, 0.1) is 29.6 Å². The van der Waals surface area contributed by atoms with E-state index in [0.29, 0.717) is 0 Å². The van der Waals surface area contributed by atoms with E-state index in [-0.39, 0.29) is 35.1 Å². The molecule has 0 N–H and O–H groups in total. The minimum atomic E-state index is -4.33. The van der Waals surface area contributed by atoms with E-state index >= 15 is 0 Å². The van der Waals surface area contributed by atoms with Gasteiger partial charge in [0.2, 0.25) is 5.78 Å².